The first kappa shape index (κ1) is 63.5. The number of benzene rings is 11. The zero-order chi connectivity index (χ0) is 69.1. The average molecular weight is 1320 g/mol. The molecule has 4 heterocycles. The number of para-hydroxylation sites is 4. The van der Waals surface area contributed by atoms with Crippen LogP contribution < -0.4 is 29.6 Å². The van der Waals surface area contributed by atoms with Gasteiger partial charge in [0.15, 0.2) is 0 Å². The molecule has 11 aromatic carbocycles. The van der Waals surface area contributed by atoms with Crippen LogP contribution >= 0.6 is 0 Å². The highest BCUT2D eigenvalue weighted by Gasteiger charge is 2.47. The fourth-order valence-corrected chi connectivity index (χ4v) is 13.5. The summed E-state index contributed by atoms with van der Waals surface area (Å²) in [7, 11) is 0. The van der Waals surface area contributed by atoms with Crippen molar-refractivity contribution in [2.24, 2.45) is 0 Å². The van der Waals surface area contributed by atoms with Crippen LogP contribution in [-0.4, -0.2) is 67.3 Å². The van der Waals surface area contributed by atoms with Gasteiger partial charge >= 0.3 is 0 Å². The molecule has 0 aliphatic carbocycles. The van der Waals surface area contributed by atoms with Gasteiger partial charge in [-0.25, -0.2) is 0 Å². The zero-order valence-corrected chi connectivity index (χ0v) is 55.5. The fraction of sp³-hybridized carbons (Fsp3) is 0.143. The van der Waals surface area contributed by atoms with Crippen LogP contribution in [0.25, 0.3) is 43.1 Å². The third kappa shape index (κ3) is 11.8. The maximum atomic E-state index is 16.4. The quantitative estimate of drug-likeness (QED) is 0.0469. The van der Waals surface area contributed by atoms with Crippen molar-refractivity contribution in [2.75, 3.05) is 10.6 Å². The number of imide groups is 2. The molecule has 6 amide bonds. The molecule has 492 valence electrons. The van der Waals surface area contributed by atoms with Gasteiger partial charge in [-0.2, -0.15) is 0 Å². The second kappa shape index (κ2) is 25.5. The number of aromatic nitrogens is 2. The van der Waals surface area contributed by atoms with E-state index in [2.05, 4.69) is 62.1 Å². The van der Waals surface area contributed by atoms with Gasteiger partial charge < -0.3 is 29.6 Å². The number of nitrogens with one attached hydrogen (secondary N) is 2. The SMILES string of the molecule is CC(C)(C)c1ccc(NC(=O)C(Cc2cccnc2)N2C(=O)c3cc(Oc4ccccc4)c4c5c(Oc6ccccc6)cc6c7c(cc(Oc8ccccc8)c(c8c(Oc9ccccc9)cc(c3c48)C2=O)c75)C(=O)N(C(Cc2cccnc2)C(=O)Nc2ccc(C(C)(C)C)cc2)C6=O)cc1. The Morgan fingerprint density at radius 1 is 0.360 bits per heavy atom. The van der Waals surface area contributed by atoms with Crippen molar-refractivity contribution in [3.05, 3.63) is 288 Å². The summed E-state index contributed by atoms with van der Waals surface area (Å²) in [6, 6.07) is 61.1. The summed E-state index contributed by atoms with van der Waals surface area (Å²) in [5, 5.41) is 8.16. The van der Waals surface area contributed by atoms with Crippen molar-refractivity contribution in [3.8, 4) is 46.0 Å². The monoisotopic (exact) mass is 1320 g/mol. The molecule has 2 aromatic heterocycles. The van der Waals surface area contributed by atoms with Gasteiger partial charge in [0.2, 0.25) is 11.8 Å². The van der Waals surface area contributed by atoms with Crippen LogP contribution in [-0.2, 0) is 33.3 Å². The lowest BCUT2D eigenvalue weighted by Gasteiger charge is -2.36. The van der Waals surface area contributed by atoms with Crippen LogP contribution in [0.15, 0.2) is 243 Å². The molecule has 2 unspecified atom stereocenters. The minimum atomic E-state index is -1.46. The molecule has 0 radical (unpaired) electrons. The molecule has 15 rings (SSSR count). The molecule has 0 bridgehead atoms. The van der Waals surface area contributed by atoms with Gasteiger partial charge in [0.1, 0.15) is 58.1 Å². The van der Waals surface area contributed by atoms with E-state index in [1.807, 2.05) is 48.5 Å². The Bertz CT molecular complexity index is 4830. The van der Waals surface area contributed by atoms with Crippen LogP contribution in [0.4, 0.5) is 11.4 Å². The number of anilines is 2. The summed E-state index contributed by atoms with van der Waals surface area (Å²) in [6.07, 6.45) is 6.15. The smallest absolute Gasteiger partial charge is 0.262 e. The normalized spacial score (nSPS) is 13.6. The van der Waals surface area contributed by atoms with E-state index < -0.39 is 47.5 Å². The van der Waals surface area contributed by atoms with Crippen LogP contribution in [0.5, 0.6) is 46.0 Å². The highest BCUT2D eigenvalue weighted by Crippen LogP contribution is 2.58. The van der Waals surface area contributed by atoms with E-state index in [0.717, 1.165) is 20.9 Å². The van der Waals surface area contributed by atoms with Gasteiger partial charge in [-0.1, -0.05) is 151 Å². The van der Waals surface area contributed by atoms with E-state index >= 15 is 28.8 Å². The number of hydrogen-bond acceptors (Lipinski definition) is 12. The largest absolute Gasteiger partial charge is 0.457 e. The van der Waals surface area contributed by atoms with E-state index in [0.29, 0.717) is 45.5 Å². The topological polar surface area (TPSA) is 196 Å². The first-order valence-corrected chi connectivity index (χ1v) is 33.0. The number of fused-ring (bicyclic) bond motifs is 2. The van der Waals surface area contributed by atoms with Crippen LogP contribution in [0.3, 0.4) is 0 Å². The molecule has 2 aliphatic rings. The minimum Gasteiger partial charge on any atom is -0.457 e. The van der Waals surface area contributed by atoms with Crippen LogP contribution in [0.2, 0.25) is 0 Å². The maximum absolute atomic E-state index is 16.4. The maximum Gasteiger partial charge on any atom is 0.262 e. The van der Waals surface area contributed by atoms with Gasteiger partial charge in [0.25, 0.3) is 23.6 Å². The van der Waals surface area contributed by atoms with Crippen molar-refractivity contribution < 1.29 is 47.7 Å². The van der Waals surface area contributed by atoms with Gasteiger partial charge in [0, 0.05) is 92.1 Å². The summed E-state index contributed by atoms with van der Waals surface area (Å²) in [5.41, 5.74) is 3.75. The molecule has 0 saturated carbocycles. The molecule has 2 N–H and O–H groups in total. The Balaban J connectivity index is 1.03. The summed E-state index contributed by atoms with van der Waals surface area (Å²) in [4.78, 5) is 107. The van der Waals surface area contributed by atoms with Crippen molar-refractivity contribution in [1.29, 1.82) is 0 Å². The molecular weight excluding hydrogens is 1250 g/mol. The van der Waals surface area contributed by atoms with E-state index in [4.69, 9.17) is 18.9 Å². The number of rotatable bonds is 18. The molecule has 0 fully saturated rings. The molecule has 0 saturated heterocycles. The molecule has 2 atom stereocenters. The lowest BCUT2D eigenvalue weighted by atomic mass is 9.80. The molecule has 100 heavy (non-hydrogen) atoms. The lowest BCUT2D eigenvalue weighted by Crippen LogP contribution is -2.53. The van der Waals surface area contributed by atoms with Gasteiger partial charge in [-0.15, -0.1) is 0 Å². The average Bonchev–Trinajstić information content (AvgIpc) is 0.671. The molecule has 0 spiro atoms. The minimum absolute atomic E-state index is 0.000470. The third-order valence-electron chi connectivity index (χ3n) is 18.4. The number of carbonyl (C=O) groups excluding carboxylic acids is 6. The first-order chi connectivity index (χ1) is 48.3. The predicted octanol–water partition coefficient (Wildman–Crippen LogP) is 18.0. The summed E-state index contributed by atoms with van der Waals surface area (Å²) in [6.45, 7) is 12.6. The molecular formula is C84H66N6O10. The third-order valence-corrected chi connectivity index (χ3v) is 18.4. The molecule has 13 aromatic rings. The van der Waals surface area contributed by atoms with Crippen molar-refractivity contribution in [1.82, 2.24) is 19.8 Å². The molecule has 16 heteroatoms. The summed E-state index contributed by atoms with van der Waals surface area (Å²) in [5.74, 6) is -2.77. The number of hydrogen-bond donors (Lipinski definition) is 2. The van der Waals surface area contributed by atoms with E-state index in [-0.39, 0.29) is 112 Å². The zero-order valence-electron chi connectivity index (χ0n) is 55.5. The number of amides is 6. The van der Waals surface area contributed by atoms with Crippen molar-refractivity contribution in [2.45, 2.75) is 77.3 Å². The molecule has 2 aliphatic heterocycles. The lowest BCUT2D eigenvalue weighted by molar-refractivity contribution is -0.120. The Kier molecular flexibility index (Phi) is 16.2. The van der Waals surface area contributed by atoms with E-state index in [1.54, 1.807) is 195 Å². The number of nitrogens with zero attached hydrogens (tertiary/aromatic N) is 4. The predicted molar refractivity (Wildman–Crippen MR) is 386 cm³/mol. The van der Waals surface area contributed by atoms with Crippen LogP contribution in [0.1, 0.15) is 105 Å². The second-order valence-electron chi connectivity index (χ2n) is 27.1. The van der Waals surface area contributed by atoms with Crippen molar-refractivity contribution >= 4 is 89.9 Å². The van der Waals surface area contributed by atoms with Crippen molar-refractivity contribution in [3.63, 3.8) is 0 Å². The Morgan fingerprint density at radius 2 is 0.640 bits per heavy atom. The highest BCUT2D eigenvalue weighted by atomic mass is 16.5. The number of carbonyl (C=O) groups is 6. The molecule has 16 nitrogen and oxygen atoms in total. The fourth-order valence-electron chi connectivity index (χ4n) is 13.5. The van der Waals surface area contributed by atoms with E-state index in [9.17, 15) is 0 Å². The van der Waals surface area contributed by atoms with Gasteiger partial charge in [0.05, 0.1) is 22.3 Å². The number of ether oxygens (including phenoxy) is 4. The van der Waals surface area contributed by atoms with Crippen LogP contribution in [0, 0.1) is 0 Å². The Morgan fingerprint density at radius 3 is 0.890 bits per heavy atom. The second-order valence-corrected chi connectivity index (χ2v) is 27.1. The van der Waals surface area contributed by atoms with Gasteiger partial charge in [-0.3, -0.25) is 48.5 Å². The van der Waals surface area contributed by atoms with E-state index in [1.165, 1.54) is 0 Å². The Labute approximate surface area is 576 Å². The first-order valence-electron chi connectivity index (χ1n) is 33.0. The number of pyridine rings is 2. The standard InChI is InChI=1S/C84H66N6O10/c1-83(2,3)51-31-35-53(36-32-51)87-77(91)63(41-49-21-19-39-85-47-49)89-79(93)59-43-65(97-55-23-11-7-12-24-55)71-73-67(99-57-27-15-9-16-28-57)45-61-70-62(82(96)90(81(61)95)64(42-50-22-20-40-86-48-50)78(92)88-54-37-33-52(34-38-54)84(4,5)6)46-68(100-58-29-17-10-18-30-58)74(76(70)73)72-66(98-56-25-13-8-14-26-56)44-60(80(89)94)69(59)75(71)72/h7-40,43-48,63-64H,41-42H2,1-6H3,(H,87,91)(H,88,92). The highest BCUT2D eigenvalue weighted by molar-refractivity contribution is 6.45. The Hall–Kier alpha value is -12.6. The summed E-state index contributed by atoms with van der Waals surface area (Å²) < 4.78 is 28.6. The van der Waals surface area contributed by atoms with Gasteiger partial charge in [-0.05, 0) is 142 Å². The summed E-state index contributed by atoms with van der Waals surface area (Å²) >= 11 is 0.